The minimum absolute atomic E-state index is 0.0613. The van der Waals surface area contributed by atoms with Crippen molar-refractivity contribution in [3.63, 3.8) is 0 Å². The number of hydrogen-bond acceptors (Lipinski definition) is 4. The van der Waals surface area contributed by atoms with Crippen LogP contribution < -0.4 is 5.73 Å². The van der Waals surface area contributed by atoms with E-state index in [4.69, 9.17) is 10.8 Å². The van der Waals surface area contributed by atoms with Gasteiger partial charge in [-0.3, -0.25) is 0 Å². The van der Waals surface area contributed by atoms with Crippen LogP contribution in [0.25, 0.3) is 0 Å². The average Bonchev–Trinajstić information content (AvgIpc) is 1.80. The molecular formula is C9H21NO3. The fourth-order valence-corrected chi connectivity index (χ4v) is 1.33. The predicted octanol–water partition coefficient (Wildman–Crippen LogP) is -0.394. The van der Waals surface area contributed by atoms with E-state index >= 15 is 0 Å². The normalized spacial score (nSPS) is 20.8. The first-order valence-electron chi connectivity index (χ1n) is 4.71. The third-order valence-corrected chi connectivity index (χ3v) is 1.80. The first kappa shape index (κ1) is 12.8. The summed E-state index contributed by atoms with van der Waals surface area (Å²) >= 11 is 0. The molecule has 0 saturated carbocycles. The monoisotopic (exact) mass is 191 g/mol. The second-order valence-corrected chi connectivity index (χ2v) is 3.84. The van der Waals surface area contributed by atoms with E-state index in [1.54, 1.807) is 6.92 Å². The van der Waals surface area contributed by atoms with Gasteiger partial charge in [0.25, 0.3) is 0 Å². The van der Waals surface area contributed by atoms with Gasteiger partial charge in [0.1, 0.15) is 0 Å². The number of aliphatic hydroxyl groups excluding tert-OH is 3. The van der Waals surface area contributed by atoms with Crippen molar-refractivity contribution < 1.29 is 15.3 Å². The van der Waals surface area contributed by atoms with Crippen molar-refractivity contribution in [3.8, 4) is 0 Å². The van der Waals surface area contributed by atoms with Crippen LogP contribution in [0, 0.1) is 0 Å². The van der Waals surface area contributed by atoms with Crippen molar-refractivity contribution in [2.24, 2.45) is 5.73 Å². The maximum absolute atomic E-state index is 9.38. The molecule has 0 amide bonds. The van der Waals surface area contributed by atoms with Gasteiger partial charge in [0.05, 0.1) is 18.3 Å². The lowest BCUT2D eigenvalue weighted by atomic mass is 10.0. The van der Waals surface area contributed by atoms with E-state index in [-0.39, 0.29) is 12.5 Å². The summed E-state index contributed by atoms with van der Waals surface area (Å²) in [5.74, 6) is 0. The lowest BCUT2D eigenvalue weighted by Crippen LogP contribution is -2.27. The molecule has 0 aromatic heterocycles. The molecule has 0 bridgehead atoms. The van der Waals surface area contributed by atoms with E-state index in [1.807, 2.05) is 6.92 Å². The zero-order chi connectivity index (χ0) is 10.4. The van der Waals surface area contributed by atoms with Crippen LogP contribution in [0.3, 0.4) is 0 Å². The fraction of sp³-hybridized carbons (Fsp3) is 1.00. The van der Waals surface area contributed by atoms with Gasteiger partial charge in [-0.1, -0.05) is 0 Å². The molecule has 80 valence electrons. The lowest BCUT2D eigenvalue weighted by Gasteiger charge is -2.17. The third-order valence-electron chi connectivity index (χ3n) is 1.80. The minimum atomic E-state index is -0.645. The van der Waals surface area contributed by atoms with Gasteiger partial charge in [-0.15, -0.1) is 0 Å². The molecule has 0 aliphatic rings. The zero-order valence-electron chi connectivity index (χ0n) is 8.35. The molecule has 0 aliphatic heterocycles. The van der Waals surface area contributed by atoms with Crippen LogP contribution in [0.15, 0.2) is 0 Å². The molecule has 0 spiro atoms. The smallest absolute Gasteiger partial charge is 0.0589 e. The SMILES string of the molecule is CC(N)CC(O)CC(O)CC(C)O. The summed E-state index contributed by atoms with van der Waals surface area (Å²) in [5, 5.41) is 27.7. The maximum Gasteiger partial charge on any atom is 0.0589 e. The highest BCUT2D eigenvalue weighted by Crippen LogP contribution is 2.08. The molecule has 0 fully saturated rings. The highest BCUT2D eigenvalue weighted by Gasteiger charge is 2.14. The topological polar surface area (TPSA) is 86.7 Å². The van der Waals surface area contributed by atoms with Crippen molar-refractivity contribution in [1.29, 1.82) is 0 Å². The van der Waals surface area contributed by atoms with Gasteiger partial charge in [-0.25, -0.2) is 0 Å². The molecule has 0 rings (SSSR count). The van der Waals surface area contributed by atoms with Crippen LogP contribution in [-0.2, 0) is 0 Å². The molecule has 4 heteroatoms. The maximum atomic E-state index is 9.38. The Bertz CT molecular complexity index is 114. The zero-order valence-corrected chi connectivity index (χ0v) is 8.35. The van der Waals surface area contributed by atoms with E-state index in [0.717, 1.165) is 0 Å². The van der Waals surface area contributed by atoms with Gasteiger partial charge >= 0.3 is 0 Å². The largest absolute Gasteiger partial charge is 0.393 e. The van der Waals surface area contributed by atoms with E-state index in [1.165, 1.54) is 0 Å². The summed E-state index contributed by atoms with van der Waals surface area (Å²) in [7, 11) is 0. The van der Waals surface area contributed by atoms with Gasteiger partial charge in [0.2, 0.25) is 0 Å². The Balaban J connectivity index is 3.58. The van der Waals surface area contributed by atoms with Gasteiger partial charge < -0.3 is 21.1 Å². The van der Waals surface area contributed by atoms with Crippen LogP contribution >= 0.6 is 0 Å². The molecule has 4 unspecified atom stereocenters. The average molecular weight is 191 g/mol. The number of hydrogen-bond donors (Lipinski definition) is 4. The van der Waals surface area contributed by atoms with Gasteiger partial charge in [-0.05, 0) is 33.1 Å². The first-order chi connectivity index (χ1) is 5.91. The van der Waals surface area contributed by atoms with Crippen molar-refractivity contribution in [3.05, 3.63) is 0 Å². The Morgan fingerprint density at radius 3 is 1.77 bits per heavy atom. The van der Waals surface area contributed by atoms with Crippen LogP contribution in [-0.4, -0.2) is 39.7 Å². The molecule has 0 saturated heterocycles. The summed E-state index contributed by atoms with van der Waals surface area (Å²) in [6.07, 6.45) is -0.681. The summed E-state index contributed by atoms with van der Waals surface area (Å²) in [4.78, 5) is 0. The van der Waals surface area contributed by atoms with E-state index < -0.39 is 18.3 Å². The van der Waals surface area contributed by atoms with Crippen LogP contribution in [0.2, 0.25) is 0 Å². The second kappa shape index (κ2) is 6.32. The summed E-state index contributed by atoms with van der Waals surface area (Å²) < 4.78 is 0. The van der Waals surface area contributed by atoms with E-state index in [2.05, 4.69) is 0 Å². The molecule has 0 aliphatic carbocycles. The van der Waals surface area contributed by atoms with E-state index in [0.29, 0.717) is 12.8 Å². The van der Waals surface area contributed by atoms with Crippen molar-refractivity contribution in [2.45, 2.75) is 57.5 Å². The Morgan fingerprint density at radius 1 is 0.923 bits per heavy atom. The molecule has 4 atom stereocenters. The van der Waals surface area contributed by atoms with Crippen molar-refractivity contribution in [1.82, 2.24) is 0 Å². The number of aliphatic hydroxyl groups is 3. The first-order valence-corrected chi connectivity index (χ1v) is 4.71. The quantitative estimate of drug-likeness (QED) is 0.460. The Hall–Kier alpha value is -0.160. The molecular weight excluding hydrogens is 170 g/mol. The number of nitrogens with two attached hydrogens (primary N) is 1. The van der Waals surface area contributed by atoms with E-state index in [9.17, 15) is 10.2 Å². The Morgan fingerprint density at radius 2 is 1.38 bits per heavy atom. The van der Waals surface area contributed by atoms with Crippen LogP contribution in [0.5, 0.6) is 0 Å². The van der Waals surface area contributed by atoms with Gasteiger partial charge in [0, 0.05) is 6.04 Å². The van der Waals surface area contributed by atoms with Crippen LogP contribution in [0.1, 0.15) is 33.1 Å². The lowest BCUT2D eigenvalue weighted by molar-refractivity contribution is 0.0406. The Labute approximate surface area is 79.4 Å². The predicted molar refractivity (Wildman–Crippen MR) is 51.2 cm³/mol. The van der Waals surface area contributed by atoms with Gasteiger partial charge in [-0.2, -0.15) is 0 Å². The van der Waals surface area contributed by atoms with Crippen molar-refractivity contribution in [2.75, 3.05) is 0 Å². The molecule has 4 nitrogen and oxygen atoms in total. The number of rotatable bonds is 6. The summed E-state index contributed by atoms with van der Waals surface area (Å²) in [6, 6.07) is -0.0613. The van der Waals surface area contributed by atoms with Crippen molar-refractivity contribution >= 4 is 0 Å². The molecule has 0 aromatic carbocycles. The molecule has 0 radical (unpaired) electrons. The Kier molecular flexibility index (Phi) is 6.24. The fourth-order valence-electron chi connectivity index (χ4n) is 1.33. The molecule has 0 heterocycles. The highest BCUT2D eigenvalue weighted by atomic mass is 16.3. The second-order valence-electron chi connectivity index (χ2n) is 3.84. The van der Waals surface area contributed by atoms with Gasteiger partial charge in [0.15, 0.2) is 0 Å². The third kappa shape index (κ3) is 8.18. The molecule has 0 aromatic rings. The molecule has 5 N–H and O–H groups in total. The molecule has 13 heavy (non-hydrogen) atoms. The summed E-state index contributed by atoms with van der Waals surface area (Å²) in [6.45, 7) is 3.42. The minimum Gasteiger partial charge on any atom is -0.393 e. The van der Waals surface area contributed by atoms with Crippen LogP contribution in [0.4, 0.5) is 0 Å². The highest BCUT2D eigenvalue weighted by molar-refractivity contribution is 4.69. The standard InChI is InChI=1S/C9H21NO3/c1-6(10)3-8(12)5-9(13)4-7(2)11/h6-9,11-13H,3-5,10H2,1-2H3. The summed E-state index contributed by atoms with van der Waals surface area (Å²) in [5.41, 5.74) is 5.48.